The molecule has 0 radical (unpaired) electrons. The van der Waals surface area contributed by atoms with Crippen LogP contribution in [0.2, 0.25) is 0 Å². The van der Waals surface area contributed by atoms with Crippen LogP contribution < -0.4 is 24.3 Å². The van der Waals surface area contributed by atoms with Crippen LogP contribution in [0.4, 0.5) is 0 Å². The van der Waals surface area contributed by atoms with Crippen molar-refractivity contribution in [1.82, 2.24) is 5.32 Å². The summed E-state index contributed by atoms with van der Waals surface area (Å²) < 4.78 is 29.0. The van der Waals surface area contributed by atoms with Gasteiger partial charge in [-0.3, -0.25) is 4.79 Å². The minimum absolute atomic E-state index is 0.0574. The third kappa shape index (κ3) is 7.76. The van der Waals surface area contributed by atoms with Crippen molar-refractivity contribution in [1.29, 1.82) is 0 Å². The van der Waals surface area contributed by atoms with Gasteiger partial charge >= 0.3 is 0 Å². The summed E-state index contributed by atoms with van der Waals surface area (Å²) in [6, 6.07) is 30.3. The van der Waals surface area contributed by atoms with Crippen molar-refractivity contribution in [3.8, 4) is 23.0 Å². The Morgan fingerprint density at radius 2 is 1.70 bits per heavy atom. The lowest BCUT2D eigenvalue weighted by Crippen LogP contribution is -2.47. The first kappa shape index (κ1) is 33.1. The van der Waals surface area contributed by atoms with E-state index in [0.29, 0.717) is 47.5 Å². The van der Waals surface area contributed by atoms with Gasteiger partial charge in [0.25, 0.3) is 5.91 Å². The Kier molecular flexibility index (Phi) is 11.1. The van der Waals surface area contributed by atoms with Crippen LogP contribution in [-0.4, -0.2) is 57.0 Å². The number of hydrogen-bond acceptors (Lipinski definition) is 8. The summed E-state index contributed by atoms with van der Waals surface area (Å²) in [5.41, 5.74) is 1.82. The van der Waals surface area contributed by atoms with Gasteiger partial charge in [-0.1, -0.05) is 66.7 Å². The normalized spacial score (nSPS) is 17.1. The highest BCUT2D eigenvalue weighted by atomic mass is 16.5. The number of carbonyl (C=O) groups excluding carboxylic acids is 1. The molecule has 5 rings (SSSR count). The van der Waals surface area contributed by atoms with Crippen LogP contribution in [0, 0.1) is 0 Å². The molecule has 1 heterocycles. The van der Waals surface area contributed by atoms with Gasteiger partial charge in [0.15, 0.2) is 23.1 Å². The van der Waals surface area contributed by atoms with Crippen LogP contribution in [0.15, 0.2) is 108 Å². The molecule has 9 nitrogen and oxygen atoms in total. The van der Waals surface area contributed by atoms with Gasteiger partial charge < -0.3 is 34.1 Å². The Labute approximate surface area is 275 Å². The molecule has 9 heteroatoms. The van der Waals surface area contributed by atoms with Gasteiger partial charge in [0, 0.05) is 37.1 Å². The van der Waals surface area contributed by atoms with Gasteiger partial charge in [-0.05, 0) is 53.6 Å². The van der Waals surface area contributed by atoms with Crippen molar-refractivity contribution in [2.45, 2.75) is 31.0 Å². The molecule has 1 aliphatic heterocycles. The van der Waals surface area contributed by atoms with E-state index in [0.717, 1.165) is 16.7 Å². The van der Waals surface area contributed by atoms with Gasteiger partial charge in [0.2, 0.25) is 5.90 Å². The van der Waals surface area contributed by atoms with Crippen LogP contribution in [0.25, 0.3) is 6.08 Å². The fourth-order valence-electron chi connectivity index (χ4n) is 5.48. The first-order chi connectivity index (χ1) is 23.0. The van der Waals surface area contributed by atoms with Crippen LogP contribution in [0.3, 0.4) is 0 Å². The summed E-state index contributed by atoms with van der Waals surface area (Å²) in [4.78, 5) is 19.7. The summed E-state index contributed by atoms with van der Waals surface area (Å²) in [5, 5.41) is 12.2. The zero-order valence-electron chi connectivity index (χ0n) is 26.8. The first-order valence-electron chi connectivity index (χ1n) is 15.5. The van der Waals surface area contributed by atoms with Crippen molar-refractivity contribution >= 4 is 17.9 Å². The Morgan fingerprint density at radius 1 is 0.915 bits per heavy atom. The monoisotopic (exact) mass is 636 g/mol. The largest absolute Gasteiger partial charge is 0.497 e. The Morgan fingerprint density at radius 3 is 2.43 bits per heavy atom. The molecule has 0 spiro atoms. The van der Waals surface area contributed by atoms with E-state index >= 15 is 0 Å². The zero-order valence-corrected chi connectivity index (χ0v) is 26.8. The lowest BCUT2D eigenvalue weighted by atomic mass is 9.84. The van der Waals surface area contributed by atoms with E-state index in [4.69, 9.17) is 33.8 Å². The average Bonchev–Trinajstić information content (AvgIpc) is 3.52. The topological polar surface area (TPSA) is 108 Å². The van der Waals surface area contributed by atoms with E-state index in [-0.39, 0.29) is 25.5 Å². The van der Waals surface area contributed by atoms with Crippen LogP contribution >= 0.6 is 0 Å². The van der Waals surface area contributed by atoms with Crippen molar-refractivity contribution in [3.05, 3.63) is 125 Å². The van der Waals surface area contributed by atoms with Crippen molar-refractivity contribution in [2.75, 3.05) is 34.5 Å². The van der Waals surface area contributed by atoms with E-state index in [1.807, 2.05) is 109 Å². The van der Waals surface area contributed by atoms with E-state index < -0.39 is 11.6 Å². The number of nitrogens with zero attached hydrogens (tertiary/aromatic N) is 1. The molecule has 0 saturated carbocycles. The predicted molar refractivity (Wildman–Crippen MR) is 181 cm³/mol. The molecular formula is C38H40N2O7. The standard InChI is InChI=1S/C38H40N2O7/c1-43-32-16-7-14-29(25-32)35-38(22-9-13-27-11-5-4-6-12-27,37(42)39-26-30-15-8-17-33(44-2)34(30)45-3)40-36(47-35)28-18-20-31(21-19-28)46-24-10-23-41/h4-9,11-21,25,35,41H,10,22-24,26H2,1-3H3,(H,39,42)/b13-9+/t35-,38-/m1/s1. The van der Waals surface area contributed by atoms with Crippen LogP contribution in [0.5, 0.6) is 23.0 Å². The van der Waals surface area contributed by atoms with Gasteiger partial charge in [0.1, 0.15) is 11.5 Å². The Hall–Kier alpha value is -5.28. The second-order valence-corrected chi connectivity index (χ2v) is 10.9. The number of amides is 1. The number of ether oxygens (including phenoxy) is 5. The smallest absolute Gasteiger partial charge is 0.252 e. The molecule has 4 aromatic rings. The molecule has 1 amide bonds. The van der Waals surface area contributed by atoms with Gasteiger partial charge in [0.05, 0.1) is 27.9 Å². The second-order valence-electron chi connectivity index (χ2n) is 10.9. The Bertz CT molecular complexity index is 1690. The maximum Gasteiger partial charge on any atom is 0.252 e. The van der Waals surface area contributed by atoms with E-state index in [2.05, 4.69) is 5.32 Å². The fourth-order valence-corrected chi connectivity index (χ4v) is 5.48. The minimum atomic E-state index is -1.38. The van der Waals surface area contributed by atoms with E-state index in [9.17, 15) is 4.79 Å². The lowest BCUT2D eigenvalue weighted by Gasteiger charge is -2.30. The summed E-state index contributed by atoms with van der Waals surface area (Å²) in [6.45, 7) is 0.640. The summed E-state index contributed by atoms with van der Waals surface area (Å²) in [5.74, 6) is 2.44. The molecule has 0 aromatic heterocycles. The second kappa shape index (κ2) is 15.8. The number of aliphatic imine (C=N–C) groups is 1. The molecule has 1 aliphatic rings. The molecule has 0 unspecified atom stereocenters. The van der Waals surface area contributed by atoms with Crippen molar-refractivity contribution in [2.24, 2.45) is 4.99 Å². The minimum Gasteiger partial charge on any atom is -0.497 e. The number of hydrogen-bond donors (Lipinski definition) is 2. The van der Waals surface area contributed by atoms with Gasteiger partial charge in [-0.15, -0.1) is 0 Å². The average molecular weight is 637 g/mol. The molecule has 4 aromatic carbocycles. The molecule has 0 aliphatic carbocycles. The number of aliphatic hydroxyl groups is 1. The molecule has 2 N–H and O–H groups in total. The zero-order chi connectivity index (χ0) is 33.1. The molecule has 0 fully saturated rings. The number of rotatable bonds is 15. The number of carbonyl (C=O) groups is 1. The third-order valence-corrected chi connectivity index (χ3v) is 7.89. The quantitative estimate of drug-likeness (QED) is 0.151. The predicted octanol–water partition coefficient (Wildman–Crippen LogP) is 6.15. The van der Waals surface area contributed by atoms with Crippen LogP contribution in [0.1, 0.15) is 41.2 Å². The highest BCUT2D eigenvalue weighted by Gasteiger charge is 2.52. The fraction of sp³-hybridized carbons (Fsp3) is 0.263. The lowest BCUT2D eigenvalue weighted by molar-refractivity contribution is -0.129. The molecule has 0 saturated heterocycles. The third-order valence-electron chi connectivity index (χ3n) is 7.89. The number of aliphatic hydroxyl groups excluding tert-OH is 1. The summed E-state index contributed by atoms with van der Waals surface area (Å²) >= 11 is 0. The summed E-state index contributed by atoms with van der Waals surface area (Å²) in [6.07, 6.45) is 3.95. The SMILES string of the molecule is COc1cccc([C@H]2OC(c3ccc(OCCCO)cc3)=N[C@@]2(C/C=C/c2ccccc2)C(=O)NCc2cccc(OC)c2OC)c1. The Balaban J connectivity index is 1.55. The van der Waals surface area contributed by atoms with Crippen LogP contribution in [-0.2, 0) is 16.1 Å². The number of methoxy groups -OCH3 is 3. The highest BCUT2D eigenvalue weighted by Crippen LogP contribution is 2.44. The molecule has 244 valence electrons. The highest BCUT2D eigenvalue weighted by molar-refractivity contribution is 6.01. The molecule has 47 heavy (non-hydrogen) atoms. The summed E-state index contributed by atoms with van der Waals surface area (Å²) in [7, 11) is 4.75. The van der Waals surface area contributed by atoms with Crippen molar-refractivity contribution in [3.63, 3.8) is 0 Å². The van der Waals surface area contributed by atoms with Gasteiger partial charge in [-0.2, -0.15) is 0 Å². The number of para-hydroxylation sites is 1. The maximum absolute atomic E-state index is 14.6. The molecular weight excluding hydrogens is 596 g/mol. The molecule has 2 atom stereocenters. The van der Waals surface area contributed by atoms with E-state index in [1.54, 1.807) is 21.3 Å². The van der Waals surface area contributed by atoms with Crippen molar-refractivity contribution < 1.29 is 33.6 Å². The number of nitrogens with one attached hydrogen (secondary N) is 1. The molecule has 0 bridgehead atoms. The number of benzene rings is 4. The first-order valence-corrected chi connectivity index (χ1v) is 15.5. The maximum atomic E-state index is 14.6. The van der Waals surface area contributed by atoms with E-state index in [1.165, 1.54) is 0 Å². The van der Waals surface area contributed by atoms with Gasteiger partial charge in [-0.25, -0.2) is 4.99 Å².